The zero-order valence-electron chi connectivity index (χ0n) is 19.7. The first-order valence-corrected chi connectivity index (χ1v) is 11.1. The summed E-state index contributed by atoms with van der Waals surface area (Å²) in [5.74, 6) is -0.640. The summed E-state index contributed by atoms with van der Waals surface area (Å²) in [5.41, 5.74) is 5.27. The number of urea groups is 1. The maximum Gasteiger partial charge on any atom is 0.416 e. The molecule has 12 heteroatoms. The average Bonchev–Trinajstić information content (AvgIpc) is 3.40. The molecule has 0 unspecified atom stereocenters. The van der Waals surface area contributed by atoms with Crippen LogP contribution < -0.4 is 5.73 Å². The molecule has 0 aliphatic carbocycles. The van der Waals surface area contributed by atoms with Crippen molar-refractivity contribution < 1.29 is 22.8 Å². The quantitative estimate of drug-likeness (QED) is 0.701. The van der Waals surface area contributed by atoms with Crippen molar-refractivity contribution in [3.05, 3.63) is 35.7 Å². The molecule has 0 bridgehead atoms. The van der Waals surface area contributed by atoms with E-state index >= 15 is 0 Å². The normalized spacial score (nSPS) is 17.6. The van der Waals surface area contributed by atoms with Crippen molar-refractivity contribution in [3.8, 4) is 5.69 Å². The SMILES string of the molecule is C[C@@H]1CCCN1C(=O)N(Cc1cc(C(F)(F)F)ccc1-n1cnnn1)C(=O)[C@H](N)CC(C)(C)C. The topological polar surface area (TPSA) is 110 Å². The summed E-state index contributed by atoms with van der Waals surface area (Å²) in [7, 11) is 0. The number of nitrogens with zero attached hydrogens (tertiary/aromatic N) is 6. The molecule has 34 heavy (non-hydrogen) atoms. The summed E-state index contributed by atoms with van der Waals surface area (Å²) >= 11 is 0. The Morgan fingerprint density at radius 1 is 1.26 bits per heavy atom. The second-order valence-electron chi connectivity index (χ2n) is 9.86. The Bertz CT molecular complexity index is 1020. The molecule has 0 spiro atoms. The molecule has 186 valence electrons. The molecule has 9 nitrogen and oxygen atoms in total. The average molecular weight is 482 g/mol. The Morgan fingerprint density at radius 2 is 1.97 bits per heavy atom. The third-order valence-corrected chi connectivity index (χ3v) is 5.78. The van der Waals surface area contributed by atoms with Gasteiger partial charge in [-0.2, -0.15) is 13.2 Å². The first-order valence-electron chi connectivity index (χ1n) is 11.1. The number of carbonyl (C=O) groups is 2. The van der Waals surface area contributed by atoms with Crippen LogP contribution >= 0.6 is 0 Å². The van der Waals surface area contributed by atoms with Gasteiger partial charge in [-0.1, -0.05) is 20.8 Å². The summed E-state index contributed by atoms with van der Waals surface area (Å²) in [6, 6.07) is 1.37. The molecule has 2 N–H and O–H groups in total. The summed E-state index contributed by atoms with van der Waals surface area (Å²) in [6.07, 6.45) is -1.52. The minimum absolute atomic E-state index is 0.0682. The number of amides is 3. The Kier molecular flexibility index (Phi) is 7.29. The van der Waals surface area contributed by atoms with E-state index in [1.165, 1.54) is 17.1 Å². The molecule has 1 aromatic carbocycles. The lowest BCUT2D eigenvalue weighted by Gasteiger charge is -2.32. The first-order chi connectivity index (χ1) is 15.8. The number of likely N-dealkylation sites (tertiary alicyclic amines) is 1. The van der Waals surface area contributed by atoms with Crippen LogP contribution in [0.3, 0.4) is 0 Å². The number of rotatable bonds is 5. The van der Waals surface area contributed by atoms with E-state index in [1.807, 2.05) is 27.7 Å². The van der Waals surface area contributed by atoms with Crippen molar-refractivity contribution in [2.75, 3.05) is 6.54 Å². The third-order valence-electron chi connectivity index (χ3n) is 5.78. The Balaban J connectivity index is 2.04. The number of alkyl halides is 3. The van der Waals surface area contributed by atoms with Gasteiger partial charge in [-0.05, 0) is 65.8 Å². The zero-order chi connectivity index (χ0) is 25.3. The molecule has 3 rings (SSSR count). The number of hydrogen-bond acceptors (Lipinski definition) is 6. The standard InChI is InChI=1S/C22H30F3N7O2/c1-14-6-5-9-30(14)20(34)31(19(33)17(26)11-21(2,3)4)12-15-10-16(22(23,24)25)7-8-18(15)32-13-27-28-29-32/h7-8,10,13-14,17H,5-6,9,11-12,26H2,1-4H3/t14-,17-/m1/s1. The fourth-order valence-corrected chi connectivity index (χ4v) is 4.11. The predicted molar refractivity (Wildman–Crippen MR) is 118 cm³/mol. The highest BCUT2D eigenvalue weighted by molar-refractivity contribution is 5.97. The van der Waals surface area contributed by atoms with E-state index in [2.05, 4.69) is 15.5 Å². The highest BCUT2D eigenvalue weighted by Crippen LogP contribution is 2.32. The highest BCUT2D eigenvalue weighted by atomic mass is 19.4. The summed E-state index contributed by atoms with van der Waals surface area (Å²) in [5, 5.41) is 10.8. The van der Waals surface area contributed by atoms with E-state index in [4.69, 9.17) is 5.73 Å². The second kappa shape index (κ2) is 9.69. The maximum absolute atomic E-state index is 13.5. The van der Waals surface area contributed by atoms with Crippen molar-refractivity contribution in [1.82, 2.24) is 30.0 Å². The molecular formula is C22H30F3N7O2. The number of halogens is 3. The van der Waals surface area contributed by atoms with Crippen LogP contribution in [0.5, 0.6) is 0 Å². The van der Waals surface area contributed by atoms with Gasteiger partial charge in [0.05, 0.1) is 23.8 Å². The number of benzene rings is 1. The summed E-state index contributed by atoms with van der Waals surface area (Å²) in [6.45, 7) is 7.67. The van der Waals surface area contributed by atoms with Gasteiger partial charge in [-0.15, -0.1) is 5.10 Å². The van der Waals surface area contributed by atoms with Crippen LogP contribution in [0.15, 0.2) is 24.5 Å². The van der Waals surface area contributed by atoms with Crippen LogP contribution in [0.25, 0.3) is 5.69 Å². The Morgan fingerprint density at radius 3 is 2.50 bits per heavy atom. The number of tetrazole rings is 1. The molecule has 1 aliphatic heterocycles. The monoisotopic (exact) mass is 481 g/mol. The van der Waals surface area contributed by atoms with Gasteiger partial charge in [0.15, 0.2) is 0 Å². The second-order valence-corrected chi connectivity index (χ2v) is 9.86. The molecule has 1 aromatic heterocycles. The van der Waals surface area contributed by atoms with Crippen molar-refractivity contribution in [2.24, 2.45) is 11.1 Å². The van der Waals surface area contributed by atoms with Crippen LogP contribution in [0.4, 0.5) is 18.0 Å². The van der Waals surface area contributed by atoms with Gasteiger partial charge in [0.25, 0.3) is 0 Å². The third kappa shape index (κ3) is 5.91. The lowest BCUT2D eigenvalue weighted by Crippen LogP contribution is -2.52. The van der Waals surface area contributed by atoms with Crippen LogP contribution in [0, 0.1) is 5.41 Å². The van der Waals surface area contributed by atoms with E-state index in [0.717, 1.165) is 29.9 Å². The van der Waals surface area contributed by atoms with Crippen molar-refractivity contribution in [3.63, 3.8) is 0 Å². The van der Waals surface area contributed by atoms with E-state index < -0.39 is 36.3 Å². The molecule has 2 aromatic rings. The molecule has 1 aliphatic rings. The molecule has 1 fully saturated rings. The molecule has 1 saturated heterocycles. The Labute approximate surface area is 196 Å². The minimum atomic E-state index is -4.61. The number of aromatic nitrogens is 4. The zero-order valence-corrected chi connectivity index (χ0v) is 19.7. The first kappa shape index (κ1) is 25.6. The smallest absolute Gasteiger partial charge is 0.322 e. The van der Waals surface area contributed by atoms with Crippen LogP contribution in [0.1, 0.15) is 58.1 Å². The van der Waals surface area contributed by atoms with Gasteiger partial charge >= 0.3 is 12.2 Å². The van der Waals surface area contributed by atoms with Gasteiger partial charge in [-0.3, -0.25) is 9.69 Å². The van der Waals surface area contributed by atoms with Crippen LogP contribution in [-0.4, -0.2) is 60.6 Å². The van der Waals surface area contributed by atoms with E-state index in [0.29, 0.717) is 13.0 Å². The van der Waals surface area contributed by atoms with E-state index in [1.54, 1.807) is 4.90 Å². The molecule has 3 amide bonds. The van der Waals surface area contributed by atoms with Gasteiger partial charge < -0.3 is 10.6 Å². The van der Waals surface area contributed by atoms with Crippen molar-refractivity contribution >= 4 is 11.9 Å². The number of nitrogens with two attached hydrogens (primary N) is 1. The van der Waals surface area contributed by atoms with Gasteiger partial charge in [0, 0.05) is 12.6 Å². The molecular weight excluding hydrogens is 451 g/mol. The molecule has 2 heterocycles. The predicted octanol–water partition coefficient (Wildman–Crippen LogP) is 3.38. The largest absolute Gasteiger partial charge is 0.416 e. The lowest BCUT2D eigenvalue weighted by molar-refractivity contribution is -0.137. The number of hydrogen-bond donors (Lipinski definition) is 1. The van der Waals surface area contributed by atoms with Gasteiger partial charge in [0.2, 0.25) is 5.91 Å². The lowest BCUT2D eigenvalue weighted by atomic mass is 9.88. The van der Waals surface area contributed by atoms with E-state index in [-0.39, 0.29) is 22.7 Å². The Hall–Kier alpha value is -3.02. The summed E-state index contributed by atoms with van der Waals surface area (Å²) in [4.78, 5) is 29.4. The van der Waals surface area contributed by atoms with Crippen molar-refractivity contribution in [1.29, 1.82) is 0 Å². The van der Waals surface area contributed by atoms with Crippen molar-refractivity contribution in [2.45, 2.75) is 71.8 Å². The minimum Gasteiger partial charge on any atom is -0.322 e. The molecule has 0 saturated carbocycles. The number of imide groups is 1. The number of carbonyl (C=O) groups excluding carboxylic acids is 2. The molecule has 2 atom stereocenters. The molecule has 0 radical (unpaired) electrons. The summed E-state index contributed by atoms with van der Waals surface area (Å²) < 4.78 is 41.6. The van der Waals surface area contributed by atoms with Gasteiger partial charge in [-0.25, -0.2) is 9.48 Å². The maximum atomic E-state index is 13.5. The van der Waals surface area contributed by atoms with Gasteiger partial charge in [0.1, 0.15) is 6.33 Å². The highest BCUT2D eigenvalue weighted by Gasteiger charge is 2.37. The van der Waals surface area contributed by atoms with E-state index in [9.17, 15) is 22.8 Å². The fourth-order valence-electron chi connectivity index (χ4n) is 4.11. The van der Waals surface area contributed by atoms with Crippen LogP contribution in [0.2, 0.25) is 0 Å². The fraction of sp³-hybridized carbons (Fsp3) is 0.591. The van der Waals surface area contributed by atoms with Crippen LogP contribution in [-0.2, 0) is 17.5 Å².